The van der Waals surface area contributed by atoms with Crippen LogP contribution in [0.4, 0.5) is 0 Å². The first-order valence-electron chi connectivity index (χ1n) is 7.44. The molecule has 0 spiro atoms. The second kappa shape index (κ2) is 6.27. The van der Waals surface area contributed by atoms with Crippen molar-refractivity contribution in [3.05, 3.63) is 17.0 Å². The molecule has 4 nitrogen and oxygen atoms in total. The molecule has 0 amide bonds. The topological polar surface area (TPSA) is 50.1 Å². The number of nitrogens with one attached hydrogen (secondary N) is 1. The highest BCUT2D eigenvalue weighted by atomic mass is 16.3. The number of aromatic nitrogens is 2. The van der Waals surface area contributed by atoms with E-state index in [1.54, 1.807) is 0 Å². The monoisotopic (exact) mass is 281 g/mol. The van der Waals surface area contributed by atoms with E-state index in [-0.39, 0.29) is 12.1 Å². The molecule has 0 fully saturated rings. The zero-order chi connectivity index (χ0) is 15.6. The molecule has 1 aromatic heterocycles. The second-order valence-electron chi connectivity index (χ2n) is 7.57. The minimum Gasteiger partial charge on any atom is -0.394 e. The van der Waals surface area contributed by atoms with Crippen LogP contribution in [0.2, 0.25) is 0 Å². The summed E-state index contributed by atoms with van der Waals surface area (Å²) in [5, 5.41) is 17.2. The fraction of sp³-hybridized carbons (Fsp3) is 0.812. The molecule has 0 unspecified atom stereocenters. The molecule has 0 atom stereocenters. The summed E-state index contributed by atoms with van der Waals surface area (Å²) in [4.78, 5) is 0. The first kappa shape index (κ1) is 17.2. The van der Waals surface area contributed by atoms with E-state index in [4.69, 9.17) is 5.11 Å². The van der Waals surface area contributed by atoms with Gasteiger partial charge in [-0.25, -0.2) is 0 Å². The maximum atomic E-state index is 9.05. The number of aliphatic hydroxyl groups is 1. The summed E-state index contributed by atoms with van der Waals surface area (Å²) in [7, 11) is 0. The molecule has 0 saturated carbocycles. The van der Waals surface area contributed by atoms with Crippen molar-refractivity contribution in [1.29, 1.82) is 0 Å². The molecule has 0 aromatic carbocycles. The molecule has 1 rings (SSSR count). The third-order valence-electron chi connectivity index (χ3n) is 3.56. The lowest BCUT2D eigenvalue weighted by molar-refractivity contribution is 0.240. The highest BCUT2D eigenvalue weighted by molar-refractivity contribution is 5.24. The van der Waals surface area contributed by atoms with E-state index in [0.717, 1.165) is 24.4 Å². The predicted molar refractivity (Wildman–Crippen MR) is 83.8 cm³/mol. The number of aryl methyl sites for hydroxylation is 1. The zero-order valence-corrected chi connectivity index (χ0v) is 14.2. The lowest BCUT2D eigenvalue weighted by Gasteiger charge is -2.33. The molecule has 4 heteroatoms. The normalized spacial score (nSPS) is 13.0. The molecule has 0 aliphatic carbocycles. The van der Waals surface area contributed by atoms with Crippen LogP contribution in [0.5, 0.6) is 0 Å². The summed E-state index contributed by atoms with van der Waals surface area (Å²) < 4.78 is 1.89. The average Bonchev–Trinajstić information content (AvgIpc) is 2.49. The van der Waals surface area contributed by atoms with Gasteiger partial charge in [0.2, 0.25) is 0 Å². The Morgan fingerprint density at radius 3 is 2.25 bits per heavy atom. The van der Waals surface area contributed by atoms with Gasteiger partial charge < -0.3 is 10.4 Å². The van der Waals surface area contributed by atoms with Gasteiger partial charge in [0.15, 0.2) is 0 Å². The van der Waals surface area contributed by atoms with E-state index >= 15 is 0 Å². The van der Waals surface area contributed by atoms with Crippen molar-refractivity contribution < 1.29 is 5.11 Å². The Balaban J connectivity index is 2.75. The van der Waals surface area contributed by atoms with Crippen LogP contribution < -0.4 is 5.32 Å². The first-order chi connectivity index (χ1) is 9.06. The van der Waals surface area contributed by atoms with Crippen LogP contribution in [0.3, 0.4) is 0 Å². The summed E-state index contributed by atoms with van der Waals surface area (Å²) in [6.07, 6.45) is 1.11. The number of aliphatic hydroxyl groups excluding tert-OH is 1. The molecule has 0 saturated heterocycles. The number of rotatable bonds is 6. The predicted octanol–water partition coefficient (Wildman–Crippen LogP) is 2.80. The molecule has 1 aromatic rings. The van der Waals surface area contributed by atoms with Gasteiger partial charge in [0.1, 0.15) is 0 Å². The lowest BCUT2D eigenvalue weighted by Crippen LogP contribution is -2.42. The Morgan fingerprint density at radius 1 is 1.15 bits per heavy atom. The van der Waals surface area contributed by atoms with E-state index in [1.807, 2.05) is 11.6 Å². The fourth-order valence-corrected chi connectivity index (χ4v) is 3.02. The minimum absolute atomic E-state index is 0.0935. The van der Waals surface area contributed by atoms with Crippen molar-refractivity contribution in [3.8, 4) is 0 Å². The van der Waals surface area contributed by atoms with E-state index in [0.29, 0.717) is 12.0 Å². The molecule has 0 bridgehead atoms. The van der Waals surface area contributed by atoms with Gasteiger partial charge >= 0.3 is 0 Å². The van der Waals surface area contributed by atoms with Gasteiger partial charge in [-0.15, -0.1) is 0 Å². The summed E-state index contributed by atoms with van der Waals surface area (Å²) in [5.41, 5.74) is 3.85. The molecule has 20 heavy (non-hydrogen) atoms. The SMILES string of the molecule is Cc1nn(CCO)c(C)c1CNC(C)(C)CC(C)(C)C. The van der Waals surface area contributed by atoms with Gasteiger partial charge in [-0.3, -0.25) is 4.68 Å². The fourth-order valence-electron chi connectivity index (χ4n) is 3.02. The highest BCUT2D eigenvalue weighted by Crippen LogP contribution is 2.27. The maximum Gasteiger partial charge on any atom is 0.0644 e. The zero-order valence-electron chi connectivity index (χ0n) is 14.2. The molecule has 0 radical (unpaired) electrons. The maximum absolute atomic E-state index is 9.05. The Hall–Kier alpha value is -0.870. The summed E-state index contributed by atoms with van der Waals surface area (Å²) in [5.74, 6) is 0. The van der Waals surface area contributed by atoms with E-state index in [1.165, 1.54) is 5.56 Å². The van der Waals surface area contributed by atoms with Crippen molar-refractivity contribution in [2.24, 2.45) is 5.41 Å². The number of nitrogens with zero attached hydrogens (tertiary/aromatic N) is 2. The third kappa shape index (κ3) is 4.91. The van der Waals surface area contributed by atoms with Crippen LogP contribution in [-0.2, 0) is 13.1 Å². The van der Waals surface area contributed by atoms with Gasteiger partial charge in [0.25, 0.3) is 0 Å². The van der Waals surface area contributed by atoms with E-state index in [9.17, 15) is 0 Å². The number of hydrogen-bond donors (Lipinski definition) is 2. The average molecular weight is 281 g/mol. The first-order valence-corrected chi connectivity index (χ1v) is 7.44. The Kier molecular flexibility index (Phi) is 5.39. The van der Waals surface area contributed by atoms with Crippen LogP contribution in [0.25, 0.3) is 0 Å². The second-order valence-corrected chi connectivity index (χ2v) is 7.57. The van der Waals surface area contributed by atoms with Gasteiger partial charge in [-0.05, 0) is 39.5 Å². The quantitative estimate of drug-likeness (QED) is 0.843. The molecular weight excluding hydrogens is 250 g/mol. The molecule has 1 heterocycles. The van der Waals surface area contributed by atoms with Gasteiger partial charge in [-0.1, -0.05) is 20.8 Å². The largest absolute Gasteiger partial charge is 0.394 e. The molecular formula is C16H31N3O. The summed E-state index contributed by atoms with van der Waals surface area (Å²) in [6.45, 7) is 16.9. The molecule has 2 N–H and O–H groups in total. The van der Waals surface area contributed by atoms with E-state index in [2.05, 4.69) is 52.0 Å². The van der Waals surface area contributed by atoms with Crippen LogP contribution >= 0.6 is 0 Å². The standard InChI is InChI=1S/C16H31N3O/c1-12-14(13(2)19(18-12)8-9-20)10-17-16(6,7)11-15(3,4)5/h17,20H,8-11H2,1-7H3. The summed E-state index contributed by atoms with van der Waals surface area (Å²) in [6, 6.07) is 0. The van der Waals surface area contributed by atoms with Gasteiger partial charge in [-0.2, -0.15) is 5.10 Å². The smallest absolute Gasteiger partial charge is 0.0644 e. The van der Waals surface area contributed by atoms with Gasteiger partial charge in [0, 0.05) is 23.3 Å². The molecule has 116 valence electrons. The number of hydrogen-bond acceptors (Lipinski definition) is 3. The van der Waals surface area contributed by atoms with Gasteiger partial charge in [0.05, 0.1) is 18.8 Å². The van der Waals surface area contributed by atoms with Crippen molar-refractivity contribution in [2.75, 3.05) is 6.61 Å². The van der Waals surface area contributed by atoms with Crippen molar-refractivity contribution in [3.63, 3.8) is 0 Å². The molecule has 0 aliphatic heterocycles. The third-order valence-corrected chi connectivity index (χ3v) is 3.56. The van der Waals surface area contributed by atoms with Crippen LogP contribution in [0.15, 0.2) is 0 Å². The van der Waals surface area contributed by atoms with E-state index < -0.39 is 0 Å². The van der Waals surface area contributed by atoms with Crippen molar-refractivity contribution >= 4 is 0 Å². The summed E-state index contributed by atoms with van der Waals surface area (Å²) >= 11 is 0. The minimum atomic E-state index is 0.0935. The van der Waals surface area contributed by atoms with Crippen molar-refractivity contribution in [1.82, 2.24) is 15.1 Å². The van der Waals surface area contributed by atoms with Crippen molar-refractivity contribution in [2.45, 2.75) is 73.5 Å². The Labute approximate surface area is 123 Å². The Morgan fingerprint density at radius 2 is 1.75 bits per heavy atom. The van der Waals surface area contributed by atoms with Crippen LogP contribution in [0.1, 0.15) is 58.0 Å². The van der Waals surface area contributed by atoms with Crippen LogP contribution in [-0.4, -0.2) is 27.0 Å². The highest BCUT2D eigenvalue weighted by Gasteiger charge is 2.25. The molecule has 0 aliphatic rings. The Bertz CT molecular complexity index is 441. The lowest BCUT2D eigenvalue weighted by atomic mass is 9.81. The van der Waals surface area contributed by atoms with Crippen LogP contribution in [0, 0.1) is 19.3 Å².